The average Bonchev–Trinajstić information content (AvgIpc) is 2.90. The lowest BCUT2D eigenvalue weighted by atomic mass is 10.1. The van der Waals surface area contributed by atoms with Gasteiger partial charge in [-0.05, 0) is 41.5 Å². The van der Waals surface area contributed by atoms with Crippen LogP contribution in [0.1, 0.15) is 32.7 Å². The summed E-state index contributed by atoms with van der Waals surface area (Å²) >= 11 is 0. The Kier molecular flexibility index (Phi) is 3.99. The van der Waals surface area contributed by atoms with Crippen molar-refractivity contribution in [3.63, 3.8) is 0 Å². The number of nitrogens with zero attached hydrogens (tertiary/aromatic N) is 4. The molecule has 0 aliphatic heterocycles. The van der Waals surface area contributed by atoms with Gasteiger partial charge in [-0.1, -0.05) is 13.8 Å². The lowest BCUT2D eigenvalue weighted by Crippen LogP contribution is -2.10. The molecule has 0 spiro atoms. The van der Waals surface area contributed by atoms with Crippen LogP contribution in [0.5, 0.6) is 5.75 Å². The first kappa shape index (κ1) is 13.3. The maximum atomic E-state index is 5.82. The van der Waals surface area contributed by atoms with Crippen molar-refractivity contribution < 1.29 is 4.74 Å². The van der Waals surface area contributed by atoms with E-state index < -0.39 is 0 Å². The molecule has 6 heteroatoms. The minimum atomic E-state index is 0.300. The summed E-state index contributed by atoms with van der Waals surface area (Å²) in [5.41, 5.74) is 7.33. The zero-order chi connectivity index (χ0) is 13.8. The van der Waals surface area contributed by atoms with Crippen molar-refractivity contribution in [2.24, 2.45) is 0 Å². The van der Waals surface area contributed by atoms with E-state index in [4.69, 9.17) is 10.5 Å². The number of tetrazole rings is 1. The van der Waals surface area contributed by atoms with E-state index >= 15 is 0 Å². The fraction of sp³-hybridized carbons (Fsp3) is 0.462. The fourth-order valence-corrected chi connectivity index (χ4v) is 2.11. The van der Waals surface area contributed by atoms with Crippen molar-refractivity contribution in [3.05, 3.63) is 18.2 Å². The van der Waals surface area contributed by atoms with Gasteiger partial charge < -0.3 is 10.5 Å². The maximum absolute atomic E-state index is 5.82. The van der Waals surface area contributed by atoms with Gasteiger partial charge in [-0.3, -0.25) is 0 Å². The number of benzene rings is 1. The van der Waals surface area contributed by atoms with Crippen molar-refractivity contribution in [1.29, 1.82) is 0 Å². The van der Waals surface area contributed by atoms with Crippen LogP contribution >= 0.6 is 0 Å². The van der Waals surface area contributed by atoms with Crippen molar-refractivity contribution in [1.82, 2.24) is 20.2 Å². The summed E-state index contributed by atoms with van der Waals surface area (Å²) in [7, 11) is 1.60. The van der Waals surface area contributed by atoms with E-state index in [9.17, 15) is 0 Å². The molecule has 0 aliphatic rings. The van der Waals surface area contributed by atoms with Gasteiger partial charge in [0.1, 0.15) is 5.75 Å². The third-order valence-electron chi connectivity index (χ3n) is 3.27. The molecule has 1 aromatic carbocycles. The van der Waals surface area contributed by atoms with Crippen molar-refractivity contribution in [2.45, 2.75) is 32.7 Å². The smallest absolute Gasteiger partial charge is 0.182 e. The van der Waals surface area contributed by atoms with Gasteiger partial charge in [-0.2, -0.15) is 0 Å². The molecule has 2 aromatic rings. The Bertz CT molecular complexity index is 548. The molecular weight excluding hydrogens is 242 g/mol. The molecule has 0 bridgehead atoms. The predicted octanol–water partition coefficient (Wildman–Crippen LogP) is 2.29. The lowest BCUT2D eigenvalue weighted by molar-refractivity contribution is 0.415. The number of nitrogen functional groups attached to an aromatic ring is 1. The topological polar surface area (TPSA) is 78.9 Å². The third kappa shape index (κ3) is 2.52. The molecule has 0 atom stereocenters. The van der Waals surface area contributed by atoms with Crippen LogP contribution < -0.4 is 10.5 Å². The predicted molar refractivity (Wildman–Crippen MR) is 73.8 cm³/mol. The third-order valence-corrected chi connectivity index (χ3v) is 3.27. The minimum Gasteiger partial charge on any atom is -0.495 e. The van der Waals surface area contributed by atoms with Crippen LogP contribution in [0.4, 0.5) is 5.69 Å². The molecule has 1 aromatic heterocycles. The van der Waals surface area contributed by atoms with Gasteiger partial charge in [0.15, 0.2) is 5.82 Å². The van der Waals surface area contributed by atoms with Gasteiger partial charge in [0.05, 0.1) is 18.8 Å². The normalized spacial score (nSPS) is 10.9. The van der Waals surface area contributed by atoms with Crippen molar-refractivity contribution in [3.8, 4) is 17.1 Å². The van der Waals surface area contributed by atoms with E-state index in [0.29, 0.717) is 17.5 Å². The van der Waals surface area contributed by atoms with E-state index in [1.165, 1.54) is 0 Å². The number of nitrogens with two attached hydrogens (primary N) is 1. The maximum Gasteiger partial charge on any atom is 0.182 e. The van der Waals surface area contributed by atoms with Crippen LogP contribution in [0.2, 0.25) is 0 Å². The second kappa shape index (κ2) is 5.69. The minimum absolute atomic E-state index is 0.300. The van der Waals surface area contributed by atoms with Gasteiger partial charge in [0.25, 0.3) is 0 Å². The van der Waals surface area contributed by atoms with Gasteiger partial charge in [0, 0.05) is 5.56 Å². The molecule has 2 N–H and O–H groups in total. The molecule has 1 heterocycles. The lowest BCUT2D eigenvalue weighted by Gasteiger charge is -2.14. The molecule has 19 heavy (non-hydrogen) atoms. The van der Waals surface area contributed by atoms with Crippen molar-refractivity contribution >= 4 is 5.69 Å². The Morgan fingerprint density at radius 1 is 1.32 bits per heavy atom. The number of hydrogen-bond acceptors (Lipinski definition) is 5. The summed E-state index contributed by atoms with van der Waals surface area (Å²) in [6.45, 7) is 4.26. The molecule has 102 valence electrons. The Labute approximate surface area is 112 Å². The Morgan fingerprint density at radius 2 is 2.05 bits per heavy atom. The highest BCUT2D eigenvalue weighted by Gasteiger charge is 2.16. The zero-order valence-corrected chi connectivity index (χ0v) is 11.5. The number of rotatable bonds is 5. The molecule has 0 radical (unpaired) electrons. The summed E-state index contributed by atoms with van der Waals surface area (Å²) in [5, 5.41) is 12.0. The second-order valence-corrected chi connectivity index (χ2v) is 4.37. The molecular formula is C13H19N5O. The van der Waals surface area contributed by atoms with E-state index in [0.717, 1.165) is 24.2 Å². The van der Waals surface area contributed by atoms with Gasteiger partial charge in [-0.25, -0.2) is 4.68 Å². The number of ether oxygens (including phenoxy) is 1. The largest absolute Gasteiger partial charge is 0.495 e. The van der Waals surface area contributed by atoms with Crippen LogP contribution in [0.25, 0.3) is 11.4 Å². The van der Waals surface area contributed by atoms with E-state index in [1.54, 1.807) is 13.2 Å². The van der Waals surface area contributed by atoms with Crippen LogP contribution in [0.3, 0.4) is 0 Å². The van der Waals surface area contributed by atoms with Gasteiger partial charge in [-0.15, -0.1) is 5.10 Å². The number of anilines is 1. The molecule has 0 saturated carbocycles. The molecule has 0 fully saturated rings. The quantitative estimate of drug-likeness (QED) is 0.835. The first-order chi connectivity index (χ1) is 9.21. The highest BCUT2D eigenvalue weighted by Crippen LogP contribution is 2.29. The Hall–Kier alpha value is -2.11. The van der Waals surface area contributed by atoms with E-state index in [1.807, 2.05) is 16.8 Å². The van der Waals surface area contributed by atoms with E-state index in [2.05, 4.69) is 29.4 Å². The first-order valence-electron chi connectivity index (χ1n) is 6.43. The summed E-state index contributed by atoms with van der Waals surface area (Å²) in [4.78, 5) is 0. The standard InChI is InChI=1S/C13H19N5O/c1-4-10(5-2)18-13(15-16-17-18)9-6-7-11(14)12(8-9)19-3/h6-8,10H,4-5,14H2,1-3H3. The molecule has 0 saturated heterocycles. The van der Waals surface area contributed by atoms with Gasteiger partial charge in [0.2, 0.25) is 0 Å². The number of aromatic nitrogens is 4. The molecule has 6 nitrogen and oxygen atoms in total. The summed E-state index contributed by atoms with van der Waals surface area (Å²) in [6, 6.07) is 5.87. The monoisotopic (exact) mass is 261 g/mol. The van der Waals surface area contributed by atoms with E-state index in [-0.39, 0.29) is 0 Å². The average molecular weight is 261 g/mol. The Balaban J connectivity index is 2.45. The second-order valence-electron chi connectivity index (χ2n) is 4.37. The highest BCUT2D eigenvalue weighted by atomic mass is 16.5. The Morgan fingerprint density at radius 3 is 2.68 bits per heavy atom. The van der Waals surface area contributed by atoms with Gasteiger partial charge >= 0.3 is 0 Å². The van der Waals surface area contributed by atoms with Crippen LogP contribution in [-0.2, 0) is 0 Å². The fourth-order valence-electron chi connectivity index (χ4n) is 2.11. The van der Waals surface area contributed by atoms with Crippen LogP contribution in [0, 0.1) is 0 Å². The van der Waals surface area contributed by atoms with Crippen molar-refractivity contribution in [2.75, 3.05) is 12.8 Å². The molecule has 0 aliphatic carbocycles. The van der Waals surface area contributed by atoms with Crippen LogP contribution in [-0.4, -0.2) is 27.3 Å². The summed E-state index contributed by atoms with van der Waals surface area (Å²) in [5.74, 6) is 1.38. The first-order valence-corrected chi connectivity index (χ1v) is 6.43. The number of hydrogen-bond donors (Lipinski definition) is 1. The molecule has 0 amide bonds. The SMILES string of the molecule is CCC(CC)n1nnnc1-c1ccc(N)c(OC)c1. The summed E-state index contributed by atoms with van der Waals surface area (Å²) in [6.07, 6.45) is 1.97. The summed E-state index contributed by atoms with van der Waals surface area (Å²) < 4.78 is 7.10. The zero-order valence-electron chi connectivity index (χ0n) is 11.5. The highest BCUT2D eigenvalue weighted by molar-refractivity contribution is 5.65. The number of methoxy groups -OCH3 is 1. The van der Waals surface area contributed by atoms with Crippen LogP contribution in [0.15, 0.2) is 18.2 Å². The molecule has 0 unspecified atom stereocenters. The molecule has 2 rings (SSSR count).